The number of aromatic nitrogens is 6. The molecular formula is C23H21FN8OS. The third-order valence-corrected chi connectivity index (χ3v) is 7.02. The van der Waals surface area contributed by atoms with Gasteiger partial charge in [0.1, 0.15) is 28.6 Å². The molecule has 1 fully saturated rings. The van der Waals surface area contributed by atoms with Crippen LogP contribution in [0.2, 0.25) is 0 Å². The van der Waals surface area contributed by atoms with Crippen molar-refractivity contribution in [3.63, 3.8) is 0 Å². The summed E-state index contributed by atoms with van der Waals surface area (Å²) in [5.41, 5.74) is 5.35. The lowest BCUT2D eigenvalue weighted by atomic mass is 10.2. The van der Waals surface area contributed by atoms with Crippen LogP contribution in [0.25, 0.3) is 33.7 Å². The SMILES string of the molecule is CC1CN(c2scnc2-c2nc3cc(F)ccc3[nH]2)CCN1C(=O)Cn1cnc2cccnc21. The molecule has 1 aromatic carbocycles. The van der Waals surface area contributed by atoms with Crippen LogP contribution in [-0.4, -0.2) is 66.0 Å². The molecule has 34 heavy (non-hydrogen) atoms. The molecule has 1 N–H and O–H groups in total. The molecule has 0 saturated carbocycles. The molecule has 1 atom stereocenters. The van der Waals surface area contributed by atoms with Crippen molar-refractivity contribution in [2.24, 2.45) is 0 Å². The van der Waals surface area contributed by atoms with E-state index in [0.717, 1.165) is 21.7 Å². The van der Waals surface area contributed by atoms with Crippen LogP contribution in [-0.2, 0) is 11.3 Å². The van der Waals surface area contributed by atoms with Gasteiger partial charge in [-0.05, 0) is 31.2 Å². The van der Waals surface area contributed by atoms with Crippen LogP contribution < -0.4 is 4.90 Å². The van der Waals surface area contributed by atoms with Gasteiger partial charge in [0.15, 0.2) is 11.5 Å². The molecule has 1 saturated heterocycles. The van der Waals surface area contributed by atoms with Crippen molar-refractivity contribution in [1.29, 1.82) is 0 Å². The second-order valence-electron chi connectivity index (χ2n) is 8.35. The third-order valence-electron chi connectivity index (χ3n) is 6.13. The van der Waals surface area contributed by atoms with Gasteiger partial charge in [-0.1, -0.05) is 0 Å². The molecule has 9 nitrogen and oxygen atoms in total. The minimum Gasteiger partial charge on any atom is -0.358 e. The number of halogens is 1. The van der Waals surface area contributed by atoms with E-state index in [1.807, 2.05) is 17.0 Å². The van der Waals surface area contributed by atoms with Crippen LogP contribution in [0.15, 0.2) is 48.4 Å². The number of thiazole rings is 1. The molecule has 5 heterocycles. The number of imidazole rings is 2. The minimum absolute atomic E-state index is 0.0173. The Morgan fingerprint density at radius 1 is 1.21 bits per heavy atom. The molecule has 11 heteroatoms. The van der Waals surface area contributed by atoms with Crippen LogP contribution in [0.4, 0.5) is 9.39 Å². The predicted molar refractivity (Wildman–Crippen MR) is 128 cm³/mol. The average Bonchev–Trinajstić information content (AvgIpc) is 3.57. The van der Waals surface area contributed by atoms with Gasteiger partial charge in [0.2, 0.25) is 5.91 Å². The highest BCUT2D eigenvalue weighted by atomic mass is 32.1. The van der Waals surface area contributed by atoms with Crippen molar-refractivity contribution in [3.05, 3.63) is 54.2 Å². The summed E-state index contributed by atoms with van der Waals surface area (Å²) in [4.78, 5) is 38.2. The maximum Gasteiger partial charge on any atom is 0.242 e. The van der Waals surface area contributed by atoms with Gasteiger partial charge in [-0.15, -0.1) is 11.3 Å². The van der Waals surface area contributed by atoms with E-state index >= 15 is 0 Å². The molecule has 1 unspecified atom stereocenters. The van der Waals surface area contributed by atoms with Gasteiger partial charge in [-0.25, -0.2) is 24.3 Å². The minimum atomic E-state index is -0.321. The van der Waals surface area contributed by atoms with Gasteiger partial charge in [0.05, 0.1) is 22.9 Å². The van der Waals surface area contributed by atoms with Crippen molar-refractivity contribution in [2.75, 3.05) is 24.5 Å². The molecule has 1 aliphatic rings. The highest BCUT2D eigenvalue weighted by Crippen LogP contribution is 2.34. The summed E-state index contributed by atoms with van der Waals surface area (Å²) >= 11 is 1.54. The predicted octanol–water partition coefficient (Wildman–Crippen LogP) is 3.31. The Balaban J connectivity index is 1.19. The Labute approximate surface area is 197 Å². The summed E-state index contributed by atoms with van der Waals surface area (Å²) in [6, 6.07) is 8.23. The molecule has 0 spiro atoms. The Kier molecular flexibility index (Phi) is 4.98. The molecular weight excluding hydrogens is 455 g/mol. The number of hydrogen-bond donors (Lipinski definition) is 1. The number of amides is 1. The number of H-pyrrole nitrogens is 1. The zero-order valence-corrected chi connectivity index (χ0v) is 19.2. The first-order valence-corrected chi connectivity index (χ1v) is 11.8. The molecule has 172 valence electrons. The second-order valence-corrected chi connectivity index (χ2v) is 9.19. The van der Waals surface area contributed by atoms with Crippen LogP contribution >= 0.6 is 11.3 Å². The number of carbonyl (C=O) groups is 1. The standard InChI is InChI=1S/C23H21FN8OS/c1-14-10-30(7-8-32(14)19(33)11-31-12-26-17-3-2-6-25-22(17)31)23-20(27-13-34-23)21-28-16-5-4-15(24)9-18(16)29-21/h2-6,9,12-14H,7-8,10-11H2,1H3,(H,28,29). The van der Waals surface area contributed by atoms with Gasteiger partial charge in [0, 0.05) is 37.9 Å². The molecule has 4 aromatic heterocycles. The number of pyridine rings is 1. The van der Waals surface area contributed by atoms with Crippen molar-refractivity contribution in [2.45, 2.75) is 19.5 Å². The zero-order valence-electron chi connectivity index (χ0n) is 18.3. The van der Waals surface area contributed by atoms with Crippen molar-refractivity contribution in [3.8, 4) is 11.5 Å². The first-order valence-electron chi connectivity index (χ1n) is 11.0. The lowest BCUT2D eigenvalue weighted by Gasteiger charge is -2.40. The van der Waals surface area contributed by atoms with E-state index in [-0.39, 0.29) is 24.3 Å². The van der Waals surface area contributed by atoms with E-state index in [0.29, 0.717) is 36.6 Å². The number of benzene rings is 1. The fraction of sp³-hybridized carbons (Fsp3) is 0.261. The second kappa shape index (κ2) is 8.17. The molecule has 6 rings (SSSR count). The van der Waals surface area contributed by atoms with E-state index < -0.39 is 0 Å². The fourth-order valence-electron chi connectivity index (χ4n) is 4.48. The molecule has 0 aliphatic carbocycles. The lowest BCUT2D eigenvalue weighted by molar-refractivity contribution is -0.134. The first kappa shape index (κ1) is 20.7. The number of aromatic amines is 1. The number of anilines is 1. The number of fused-ring (bicyclic) bond motifs is 2. The zero-order chi connectivity index (χ0) is 23.2. The van der Waals surface area contributed by atoms with Gasteiger partial charge < -0.3 is 19.4 Å². The number of piperazine rings is 1. The van der Waals surface area contributed by atoms with Crippen molar-refractivity contribution in [1.82, 2.24) is 34.4 Å². The molecule has 1 aliphatic heterocycles. The summed E-state index contributed by atoms with van der Waals surface area (Å²) in [5, 5.41) is 0.989. The number of nitrogens with zero attached hydrogens (tertiary/aromatic N) is 7. The van der Waals surface area contributed by atoms with Gasteiger partial charge in [-0.3, -0.25) is 4.79 Å². The summed E-state index contributed by atoms with van der Waals surface area (Å²) in [7, 11) is 0. The summed E-state index contributed by atoms with van der Waals surface area (Å²) in [6.45, 7) is 4.22. The summed E-state index contributed by atoms with van der Waals surface area (Å²) in [6.07, 6.45) is 3.37. The van der Waals surface area contributed by atoms with Crippen LogP contribution in [0.3, 0.4) is 0 Å². The maximum atomic E-state index is 13.6. The van der Waals surface area contributed by atoms with Gasteiger partial charge in [0.25, 0.3) is 0 Å². The van der Waals surface area contributed by atoms with Crippen LogP contribution in [0.5, 0.6) is 0 Å². The third kappa shape index (κ3) is 3.58. The number of nitrogens with one attached hydrogen (secondary N) is 1. The van der Waals surface area contributed by atoms with E-state index in [9.17, 15) is 9.18 Å². The van der Waals surface area contributed by atoms with Crippen molar-refractivity contribution < 1.29 is 9.18 Å². The maximum absolute atomic E-state index is 13.6. The average molecular weight is 477 g/mol. The Morgan fingerprint density at radius 3 is 3.00 bits per heavy atom. The van der Waals surface area contributed by atoms with E-state index in [2.05, 4.69) is 36.7 Å². The van der Waals surface area contributed by atoms with E-state index in [1.54, 1.807) is 28.7 Å². The quantitative estimate of drug-likeness (QED) is 0.428. The highest BCUT2D eigenvalue weighted by Gasteiger charge is 2.30. The fourth-order valence-corrected chi connectivity index (χ4v) is 5.31. The van der Waals surface area contributed by atoms with Crippen molar-refractivity contribution >= 4 is 44.4 Å². The Bertz CT molecular complexity index is 1510. The van der Waals surface area contributed by atoms with E-state index in [4.69, 9.17) is 0 Å². The highest BCUT2D eigenvalue weighted by molar-refractivity contribution is 7.14. The molecule has 5 aromatic rings. The van der Waals surface area contributed by atoms with E-state index in [1.165, 1.54) is 23.5 Å². The first-order chi connectivity index (χ1) is 16.6. The smallest absolute Gasteiger partial charge is 0.242 e. The van der Waals surface area contributed by atoms with Gasteiger partial charge >= 0.3 is 0 Å². The van der Waals surface area contributed by atoms with Crippen LogP contribution in [0.1, 0.15) is 6.92 Å². The number of rotatable bonds is 4. The summed E-state index contributed by atoms with van der Waals surface area (Å²) < 4.78 is 15.4. The lowest BCUT2D eigenvalue weighted by Crippen LogP contribution is -2.54. The molecule has 0 radical (unpaired) electrons. The van der Waals surface area contributed by atoms with Gasteiger partial charge in [-0.2, -0.15) is 0 Å². The molecule has 0 bridgehead atoms. The van der Waals surface area contributed by atoms with Crippen LogP contribution in [0, 0.1) is 5.82 Å². The topological polar surface area (TPSA) is 95.8 Å². The Hall–Kier alpha value is -3.86. The summed E-state index contributed by atoms with van der Waals surface area (Å²) in [5.74, 6) is 0.335. The molecule has 1 amide bonds. The monoisotopic (exact) mass is 476 g/mol. The Morgan fingerprint density at radius 2 is 2.12 bits per heavy atom. The number of hydrogen-bond acceptors (Lipinski definition) is 7. The largest absolute Gasteiger partial charge is 0.358 e. The normalized spacial score (nSPS) is 16.6. The number of carbonyl (C=O) groups excluding carboxylic acids is 1.